The Bertz CT molecular complexity index is 1120. The van der Waals surface area contributed by atoms with Crippen molar-refractivity contribution < 1.29 is 14.9 Å². The molecular formula is C23H27ClN4O3S. The van der Waals surface area contributed by atoms with Crippen molar-refractivity contribution in [3.8, 4) is 0 Å². The molecule has 2 aliphatic rings. The van der Waals surface area contributed by atoms with Gasteiger partial charge in [-0.3, -0.25) is 0 Å². The van der Waals surface area contributed by atoms with Gasteiger partial charge >= 0.3 is 0 Å². The third kappa shape index (κ3) is 4.00. The summed E-state index contributed by atoms with van der Waals surface area (Å²) in [5, 5.41) is 33.4. The Balaban J connectivity index is 1.38. The van der Waals surface area contributed by atoms with Gasteiger partial charge in [0.25, 0.3) is 0 Å². The molecule has 2 aliphatic heterocycles. The smallest absolute Gasteiger partial charge is 0.106 e. The lowest BCUT2D eigenvalue weighted by Crippen LogP contribution is -2.50. The van der Waals surface area contributed by atoms with Crippen molar-refractivity contribution in [2.75, 3.05) is 6.61 Å². The molecular weight excluding hydrogens is 448 g/mol. The second-order valence-corrected chi connectivity index (χ2v) is 10.6. The first-order valence-electron chi connectivity index (χ1n) is 10.9. The van der Waals surface area contributed by atoms with Gasteiger partial charge in [0, 0.05) is 22.9 Å². The topological polar surface area (TPSA) is 92.4 Å². The molecule has 2 aromatic heterocycles. The zero-order chi connectivity index (χ0) is 22.5. The van der Waals surface area contributed by atoms with E-state index in [2.05, 4.69) is 22.6 Å². The number of benzene rings is 1. The lowest BCUT2D eigenvalue weighted by molar-refractivity contribution is -0.129. The molecule has 3 aromatic rings. The zero-order valence-electron chi connectivity index (χ0n) is 18.0. The molecule has 0 radical (unpaired) electrons. The number of aliphatic hydroxyl groups is 2. The number of aliphatic hydroxyl groups excluding tert-OH is 2. The van der Waals surface area contributed by atoms with E-state index in [1.165, 1.54) is 11.3 Å². The number of ether oxygens (including phenoxy) is 1. The lowest BCUT2D eigenvalue weighted by atomic mass is 9.79. The van der Waals surface area contributed by atoms with Crippen molar-refractivity contribution in [3.63, 3.8) is 0 Å². The highest BCUT2D eigenvalue weighted by Gasteiger charge is 2.48. The molecule has 1 unspecified atom stereocenters. The van der Waals surface area contributed by atoms with E-state index in [0.29, 0.717) is 17.3 Å². The molecule has 5 atom stereocenters. The maximum absolute atomic E-state index is 10.7. The van der Waals surface area contributed by atoms with Crippen LogP contribution in [-0.4, -0.2) is 37.9 Å². The lowest BCUT2D eigenvalue weighted by Gasteiger charge is -2.46. The van der Waals surface area contributed by atoms with Crippen LogP contribution in [0.1, 0.15) is 65.3 Å². The molecule has 1 fully saturated rings. The normalized spacial score (nSPS) is 28.6. The summed E-state index contributed by atoms with van der Waals surface area (Å²) in [6, 6.07) is 9.80. The van der Waals surface area contributed by atoms with Crippen molar-refractivity contribution in [3.05, 3.63) is 68.1 Å². The number of nitrogens with zero attached hydrogens (tertiary/aromatic N) is 3. The van der Waals surface area contributed by atoms with E-state index in [1.54, 1.807) is 4.68 Å². The minimum absolute atomic E-state index is 0.0629. The Kier molecular flexibility index (Phi) is 5.86. The highest BCUT2D eigenvalue weighted by atomic mass is 35.5. The fourth-order valence-corrected chi connectivity index (χ4v) is 6.49. The molecule has 0 aliphatic carbocycles. The highest BCUT2D eigenvalue weighted by molar-refractivity contribution is 7.16. The molecule has 1 saturated heterocycles. The number of aryl methyl sites for hydroxylation is 1. The first-order valence-corrected chi connectivity index (χ1v) is 12.1. The van der Waals surface area contributed by atoms with E-state index >= 15 is 0 Å². The maximum Gasteiger partial charge on any atom is 0.106 e. The third-order valence-electron chi connectivity index (χ3n) is 6.50. The van der Waals surface area contributed by atoms with Gasteiger partial charge in [0.05, 0.1) is 41.5 Å². The molecule has 0 amide bonds. The average molecular weight is 475 g/mol. The van der Waals surface area contributed by atoms with E-state index in [9.17, 15) is 10.2 Å². The standard InChI is InChI=1S/C23H27ClN4O3S/c1-13-5-3-4-6-15(13)19(29)11-28-10-18(26-27-28)17-9-23(8-14(2)25-17)22-16(7-21(24)32-22)20(30)12-31-23/h3-7,10,14,17,19-20,25,29-30H,8-9,11-12H2,1-2H3/t14-,17-,19?,20+,23-/m0/s1. The van der Waals surface area contributed by atoms with Gasteiger partial charge in [-0.1, -0.05) is 41.1 Å². The summed E-state index contributed by atoms with van der Waals surface area (Å²) < 4.78 is 8.65. The second kappa shape index (κ2) is 8.52. The van der Waals surface area contributed by atoms with Gasteiger partial charge in [-0.25, -0.2) is 4.68 Å². The molecule has 7 nitrogen and oxygen atoms in total. The van der Waals surface area contributed by atoms with Gasteiger partial charge in [0.2, 0.25) is 0 Å². The van der Waals surface area contributed by atoms with Crippen molar-refractivity contribution >= 4 is 22.9 Å². The molecule has 1 spiro atoms. The number of hydrogen-bond acceptors (Lipinski definition) is 7. The first-order chi connectivity index (χ1) is 15.3. The molecule has 1 aromatic carbocycles. The van der Waals surface area contributed by atoms with Crippen LogP contribution in [0.2, 0.25) is 4.34 Å². The van der Waals surface area contributed by atoms with Gasteiger partial charge in [0.15, 0.2) is 0 Å². The summed E-state index contributed by atoms with van der Waals surface area (Å²) in [6.45, 7) is 4.71. The fourth-order valence-electron chi connectivity index (χ4n) is 5.03. The maximum atomic E-state index is 10.7. The van der Waals surface area contributed by atoms with E-state index in [1.807, 2.05) is 43.5 Å². The summed E-state index contributed by atoms with van der Waals surface area (Å²) in [4.78, 5) is 1.02. The summed E-state index contributed by atoms with van der Waals surface area (Å²) in [6.07, 6.45) is 2.05. The Morgan fingerprint density at radius 3 is 3.00 bits per heavy atom. The Hall–Kier alpha value is -1.81. The number of aromatic nitrogens is 3. The number of nitrogens with one attached hydrogen (secondary N) is 1. The highest BCUT2D eigenvalue weighted by Crippen LogP contribution is 2.51. The van der Waals surface area contributed by atoms with Crippen LogP contribution < -0.4 is 5.32 Å². The van der Waals surface area contributed by atoms with Gasteiger partial charge in [-0.15, -0.1) is 16.4 Å². The molecule has 9 heteroatoms. The van der Waals surface area contributed by atoms with Gasteiger partial charge in [-0.2, -0.15) is 0 Å². The summed E-state index contributed by atoms with van der Waals surface area (Å²) in [5.74, 6) is 0. The van der Waals surface area contributed by atoms with Crippen molar-refractivity contribution in [1.29, 1.82) is 0 Å². The van der Waals surface area contributed by atoms with E-state index in [4.69, 9.17) is 16.3 Å². The van der Waals surface area contributed by atoms with Gasteiger partial charge in [-0.05, 0) is 37.5 Å². The predicted octanol–water partition coefficient (Wildman–Crippen LogP) is 3.81. The molecule has 0 bridgehead atoms. The number of halogens is 1. The minimum Gasteiger partial charge on any atom is -0.386 e. The summed E-state index contributed by atoms with van der Waals surface area (Å²) >= 11 is 7.80. The molecule has 32 heavy (non-hydrogen) atoms. The van der Waals surface area contributed by atoms with Crippen LogP contribution in [0.3, 0.4) is 0 Å². The van der Waals surface area contributed by atoms with Crippen LogP contribution in [0.15, 0.2) is 36.5 Å². The van der Waals surface area contributed by atoms with Crippen LogP contribution >= 0.6 is 22.9 Å². The molecule has 170 valence electrons. The molecule has 3 N–H and O–H groups in total. The largest absolute Gasteiger partial charge is 0.386 e. The van der Waals surface area contributed by atoms with Crippen LogP contribution in [0.5, 0.6) is 0 Å². The Morgan fingerprint density at radius 2 is 2.19 bits per heavy atom. The minimum atomic E-state index is -0.658. The average Bonchev–Trinajstić information content (AvgIpc) is 3.38. The number of thiophene rings is 1. The molecule has 5 rings (SSSR count). The van der Waals surface area contributed by atoms with Crippen molar-refractivity contribution in [1.82, 2.24) is 20.3 Å². The van der Waals surface area contributed by atoms with E-state index in [0.717, 1.165) is 33.7 Å². The van der Waals surface area contributed by atoms with Crippen LogP contribution in [0.25, 0.3) is 0 Å². The quantitative estimate of drug-likeness (QED) is 0.532. The fraction of sp³-hybridized carbons (Fsp3) is 0.478. The predicted molar refractivity (Wildman–Crippen MR) is 123 cm³/mol. The first kappa shape index (κ1) is 22.0. The van der Waals surface area contributed by atoms with Crippen LogP contribution in [-0.2, 0) is 16.9 Å². The summed E-state index contributed by atoms with van der Waals surface area (Å²) in [7, 11) is 0. The SMILES string of the molecule is Cc1ccccc1C(O)Cn1cc([C@@H]2C[C@]3(C[C@H](C)N2)OC[C@@H](O)c2cc(Cl)sc23)nn1. The Labute approximate surface area is 196 Å². The molecule has 0 saturated carbocycles. The van der Waals surface area contributed by atoms with Crippen molar-refractivity contribution in [2.45, 2.75) is 63.1 Å². The zero-order valence-corrected chi connectivity index (χ0v) is 19.6. The number of rotatable bonds is 4. The second-order valence-electron chi connectivity index (χ2n) is 8.92. The van der Waals surface area contributed by atoms with Crippen LogP contribution in [0, 0.1) is 6.92 Å². The van der Waals surface area contributed by atoms with E-state index < -0.39 is 17.8 Å². The monoisotopic (exact) mass is 474 g/mol. The Morgan fingerprint density at radius 1 is 1.38 bits per heavy atom. The van der Waals surface area contributed by atoms with Gasteiger partial charge in [0.1, 0.15) is 11.7 Å². The third-order valence-corrected chi connectivity index (χ3v) is 7.96. The number of fused-ring (bicyclic) bond motifs is 2. The summed E-state index contributed by atoms with van der Waals surface area (Å²) in [5.41, 5.74) is 3.12. The van der Waals surface area contributed by atoms with Crippen LogP contribution in [0.4, 0.5) is 0 Å². The van der Waals surface area contributed by atoms with Gasteiger partial charge < -0.3 is 20.3 Å². The number of hydrogen-bond donors (Lipinski definition) is 3. The van der Waals surface area contributed by atoms with Crippen molar-refractivity contribution in [2.24, 2.45) is 0 Å². The number of piperidine rings is 1. The molecule has 4 heterocycles. The van der Waals surface area contributed by atoms with E-state index in [-0.39, 0.29) is 18.7 Å².